The van der Waals surface area contributed by atoms with Gasteiger partial charge in [0.25, 0.3) is 6.43 Å². The maximum absolute atomic E-state index is 13.1. The maximum Gasteiger partial charge on any atom is 0.268 e. The van der Waals surface area contributed by atoms with Gasteiger partial charge in [0.2, 0.25) is 0 Å². The van der Waals surface area contributed by atoms with Gasteiger partial charge in [0.15, 0.2) is 5.82 Å². The Bertz CT molecular complexity index is 317. The smallest absolute Gasteiger partial charge is 0.268 e. The summed E-state index contributed by atoms with van der Waals surface area (Å²) in [4.78, 5) is 3.47. The normalized spacial score (nSPS) is 10.8. The molecular formula is C7H6ClF3N2. The van der Waals surface area contributed by atoms with Crippen LogP contribution in [-0.4, -0.2) is 4.98 Å². The van der Waals surface area contributed by atoms with Crippen molar-refractivity contribution < 1.29 is 13.2 Å². The molecule has 0 radical (unpaired) electrons. The van der Waals surface area contributed by atoms with E-state index < -0.39 is 17.8 Å². The second-order valence-electron chi connectivity index (χ2n) is 2.32. The molecule has 0 aromatic carbocycles. The predicted molar refractivity (Wildman–Crippen MR) is 43.1 cm³/mol. The zero-order valence-electron chi connectivity index (χ0n) is 6.40. The minimum absolute atomic E-state index is 0.217. The molecular weight excluding hydrogens is 205 g/mol. The second-order valence-corrected chi connectivity index (χ2v) is 2.59. The van der Waals surface area contributed by atoms with Gasteiger partial charge in [-0.15, -0.1) is 11.6 Å². The van der Waals surface area contributed by atoms with E-state index in [4.69, 9.17) is 17.3 Å². The van der Waals surface area contributed by atoms with E-state index in [9.17, 15) is 13.2 Å². The third-order valence-electron chi connectivity index (χ3n) is 1.51. The third-order valence-corrected chi connectivity index (χ3v) is 1.76. The van der Waals surface area contributed by atoms with Crippen molar-refractivity contribution in [2.45, 2.75) is 12.3 Å². The van der Waals surface area contributed by atoms with Crippen molar-refractivity contribution in [3.63, 3.8) is 0 Å². The average Bonchev–Trinajstić information content (AvgIpc) is 2.04. The quantitative estimate of drug-likeness (QED) is 0.762. The largest absolute Gasteiger partial charge is 0.397 e. The van der Waals surface area contributed by atoms with Crippen LogP contribution in [0.1, 0.15) is 17.7 Å². The highest BCUT2D eigenvalue weighted by Gasteiger charge is 2.20. The molecule has 2 N–H and O–H groups in total. The molecule has 1 rings (SSSR count). The Hall–Kier alpha value is -0.970. The van der Waals surface area contributed by atoms with Crippen LogP contribution in [0.15, 0.2) is 6.20 Å². The number of aromatic nitrogens is 1. The standard InChI is InChI=1S/C7H6ClF3N2/c8-1-4-6(9)5(7(10)11)3(12)2-13-4/h2,7H,1,12H2. The highest BCUT2D eigenvalue weighted by atomic mass is 35.5. The molecule has 0 amide bonds. The zero-order valence-corrected chi connectivity index (χ0v) is 7.15. The third kappa shape index (κ3) is 1.85. The fourth-order valence-corrected chi connectivity index (χ4v) is 1.06. The topological polar surface area (TPSA) is 38.9 Å². The van der Waals surface area contributed by atoms with Crippen LogP contribution >= 0.6 is 11.6 Å². The minimum Gasteiger partial charge on any atom is -0.397 e. The van der Waals surface area contributed by atoms with E-state index in [1.165, 1.54) is 0 Å². The van der Waals surface area contributed by atoms with Gasteiger partial charge in [-0.1, -0.05) is 0 Å². The number of halogens is 4. The number of hydrogen-bond donors (Lipinski definition) is 1. The lowest BCUT2D eigenvalue weighted by Crippen LogP contribution is -2.04. The Morgan fingerprint density at radius 1 is 1.54 bits per heavy atom. The van der Waals surface area contributed by atoms with Gasteiger partial charge in [-0.25, -0.2) is 13.2 Å². The van der Waals surface area contributed by atoms with Gasteiger partial charge in [0, 0.05) is 0 Å². The summed E-state index contributed by atoms with van der Waals surface area (Å²) in [5.74, 6) is -1.38. The van der Waals surface area contributed by atoms with Crippen LogP contribution in [-0.2, 0) is 5.88 Å². The summed E-state index contributed by atoms with van der Waals surface area (Å²) in [6, 6.07) is 0. The lowest BCUT2D eigenvalue weighted by molar-refractivity contribution is 0.147. The molecule has 1 aromatic heterocycles. The van der Waals surface area contributed by atoms with Gasteiger partial charge in [0.05, 0.1) is 29.0 Å². The van der Waals surface area contributed by atoms with Crippen LogP contribution in [0.25, 0.3) is 0 Å². The molecule has 13 heavy (non-hydrogen) atoms. The molecule has 0 saturated carbocycles. The first-order valence-corrected chi connectivity index (χ1v) is 3.88. The molecule has 0 fully saturated rings. The van der Waals surface area contributed by atoms with Crippen molar-refractivity contribution in [1.29, 1.82) is 0 Å². The summed E-state index contributed by atoms with van der Waals surface area (Å²) in [6.07, 6.45) is -1.98. The molecule has 0 spiro atoms. The number of nitrogen functional groups attached to an aromatic ring is 1. The number of rotatable bonds is 2. The zero-order chi connectivity index (χ0) is 10.0. The van der Waals surface area contributed by atoms with Crippen LogP contribution in [0, 0.1) is 5.82 Å². The SMILES string of the molecule is Nc1cnc(CCl)c(F)c1C(F)F. The minimum atomic E-state index is -2.95. The number of anilines is 1. The Balaban J connectivity index is 3.30. The van der Waals surface area contributed by atoms with Crippen molar-refractivity contribution in [1.82, 2.24) is 4.98 Å². The second kappa shape index (κ2) is 3.83. The molecule has 0 aliphatic carbocycles. The lowest BCUT2D eigenvalue weighted by atomic mass is 10.2. The maximum atomic E-state index is 13.1. The monoisotopic (exact) mass is 210 g/mol. The van der Waals surface area contributed by atoms with E-state index in [0.717, 1.165) is 6.20 Å². The van der Waals surface area contributed by atoms with Crippen LogP contribution in [0.2, 0.25) is 0 Å². The van der Waals surface area contributed by atoms with Gasteiger partial charge in [-0.3, -0.25) is 4.98 Å². The Kier molecular flexibility index (Phi) is 2.98. The first kappa shape index (κ1) is 10.1. The molecule has 0 bridgehead atoms. The molecule has 0 saturated heterocycles. The van der Waals surface area contributed by atoms with E-state index in [1.54, 1.807) is 0 Å². The van der Waals surface area contributed by atoms with Crippen LogP contribution in [0.5, 0.6) is 0 Å². The number of hydrogen-bond acceptors (Lipinski definition) is 2. The van der Waals surface area contributed by atoms with Crippen molar-refractivity contribution in [3.05, 3.63) is 23.3 Å². The van der Waals surface area contributed by atoms with Crippen LogP contribution in [0.3, 0.4) is 0 Å². The Morgan fingerprint density at radius 3 is 2.62 bits per heavy atom. The first-order chi connectivity index (χ1) is 6.07. The van der Waals surface area contributed by atoms with Gasteiger partial charge in [-0.05, 0) is 0 Å². The number of nitrogens with zero attached hydrogens (tertiary/aromatic N) is 1. The summed E-state index contributed by atoms with van der Waals surface area (Å²) in [7, 11) is 0. The Labute approximate surface area is 77.5 Å². The molecule has 0 aliphatic rings. The van der Waals surface area contributed by atoms with Crippen LogP contribution in [0.4, 0.5) is 18.9 Å². The van der Waals surface area contributed by atoms with Crippen molar-refractivity contribution >= 4 is 17.3 Å². The van der Waals surface area contributed by atoms with Crippen LogP contribution < -0.4 is 5.73 Å². The summed E-state index contributed by atoms with van der Waals surface area (Å²) >= 11 is 5.27. The molecule has 1 heterocycles. The predicted octanol–water partition coefficient (Wildman–Crippen LogP) is 2.48. The number of pyridine rings is 1. The summed E-state index contributed by atoms with van der Waals surface area (Å²) in [6.45, 7) is 0. The van der Waals surface area contributed by atoms with Gasteiger partial charge in [-0.2, -0.15) is 0 Å². The summed E-state index contributed by atoms with van der Waals surface area (Å²) < 4.78 is 37.5. The highest BCUT2D eigenvalue weighted by molar-refractivity contribution is 6.16. The van der Waals surface area contributed by atoms with Crippen molar-refractivity contribution in [2.75, 3.05) is 5.73 Å². The molecule has 2 nitrogen and oxygen atoms in total. The van der Waals surface area contributed by atoms with Gasteiger partial charge in [0.1, 0.15) is 0 Å². The first-order valence-electron chi connectivity index (χ1n) is 3.34. The van der Waals surface area contributed by atoms with E-state index in [-0.39, 0.29) is 17.3 Å². The lowest BCUT2D eigenvalue weighted by Gasteiger charge is -2.07. The molecule has 1 aromatic rings. The fourth-order valence-electron chi connectivity index (χ4n) is 0.871. The molecule has 0 aliphatic heterocycles. The highest BCUT2D eigenvalue weighted by Crippen LogP contribution is 2.28. The van der Waals surface area contributed by atoms with E-state index in [2.05, 4.69) is 4.98 Å². The number of nitrogens with two attached hydrogens (primary N) is 1. The van der Waals surface area contributed by atoms with Crippen molar-refractivity contribution in [3.8, 4) is 0 Å². The van der Waals surface area contributed by atoms with Gasteiger partial charge >= 0.3 is 0 Å². The summed E-state index contributed by atoms with van der Waals surface area (Å²) in [5, 5.41) is 0. The van der Waals surface area contributed by atoms with E-state index in [1.807, 2.05) is 0 Å². The van der Waals surface area contributed by atoms with E-state index in [0.29, 0.717) is 0 Å². The summed E-state index contributed by atoms with van der Waals surface area (Å²) in [5.41, 5.74) is 3.72. The Morgan fingerprint density at radius 2 is 2.15 bits per heavy atom. The average molecular weight is 211 g/mol. The molecule has 72 valence electrons. The number of alkyl halides is 3. The van der Waals surface area contributed by atoms with Crippen molar-refractivity contribution in [2.24, 2.45) is 0 Å². The van der Waals surface area contributed by atoms with E-state index >= 15 is 0 Å². The van der Waals surface area contributed by atoms with Gasteiger partial charge < -0.3 is 5.73 Å². The molecule has 0 unspecified atom stereocenters. The molecule has 6 heteroatoms. The molecule has 0 atom stereocenters. The fraction of sp³-hybridized carbons (Fsp3) is 0.286.